The summed E-state index contributed by atoms with van der Waals surface area (Å²) in [6, 6.07) is -0.350. The molecular weight excluding hydrogens is 278 g/mol. The monoisotopic (exact) mass is 295 g/mol. The largest absolute Gasteiger partial charge is 0.395 e. The lowest BCUT2D eigenvalue weighted by molar-refractivity contribution is -0.121. The molecule has 0 aromatic heterocycles. The minimum absolute atomic E-state index is 0.0412. The van der Waals surface area contributed by atoms with Gasteiger partial charge in [-0.05, 0) is 25.3 Å². The first kappa shape index (κ1) is 12.7. The zero-order valence-electron chi connectivity index (χ0n) is 11.0. The van der Waals surface area contributed by atoms with Crippen LogP contribution in [-0.4, -0.2) is 47.1 Å². The van der Waals surface area contributed by atoms with Crippen LogP contribution >= 0.6 is 0 Å². The number of carbonyl (C=O) groups excluding carboxylic acids is 1. The second kappa shape index (κ2) is 3.81. The van der Waals surface area contributed by atoms with Crippen molar-refractivity contribution < 1.29 is 18.3 Å². The fourth-order valence-corrected chi connectivity index (χ4v) is 7.41. The lowest BCUT2D eigenvalue weighted by atomic mass is 9.65. The molecule has 6 heteroatoms. The summed E-state index contributed by atoms with van der Waals surface area (Å²) in [4.78, 5) is 12.1. The first-order valence-corrected chi connectivity index (χ1v) is 8.56. The van der Waals surface area contributed by atoms with Gasteiger partial charge in [-0.3, -0.25) is 4.79 Å². The van der Waals surface area contributed by atoms with Gasteiger partial charge in [0.15, 0.2) is 5.78 Å². The van der Waals surface area contributed by atoms with E-state index in [0.29, 0.717) is 19.3 Å². The Morgan fingerprint density at radius 2 is 2.25 bits per heavy atom. The summed E-state index contributed by atoms with van der Waals surface area (Å²) < 4.78 is 27.2. The SMILES string of the molecule is O=C1C=C[C@@]23CC[C@@H](CO)N2S(=O)(=O)[C@H]2C=CC[C@@H]1[C@H]23. The molecule has 5 nitrogen and oxygen atoms in total. The third kappa shape index (κ3) is 1.25. The lowest BCUT2D eigenvalue weighted by Crippen LogP contribution is -2.51. The lowest BCUT2D eigenvalue weighted by Gasteiger charge is -2.41. The summed E-state index contributed by atoms with van der Waals surface area (Å²) in [6.07, 6.45) is 8.91. The van der Waals surface area contributed by atoms with E-state index in [1.165, 1.54) is 4.31 Å². The number of allylic oxidation sites excluding steroid dienone is 2. The summed E-state index contributed by atoms with van der Waals surface area (Å²) >= 11 is 0. The van der Waals surface area contributed by atoms with Gasteiger partial charge in [-0.2, -0.15) is 4.31 Å². The van der Waals surface area contributed by atoms with Gasteiger partial charge >= 0.3 is 0 Å². The van der Waals surface area contributed by atoms with Crippen molar-refractivity contribution in [1.82, 2.24) is 4.31 Å². The van der Waals surface area contributed by atoms with E-state index in [9.17, 15) is 18.3 Å². The molecule has 0 saturated carbocycles. The highest BCUT2D eigenvalue weighted by Crippen LogP contribution is 2.57. The Morgan fingerprint density at radius 3 is 3.00 bits per heavy atom. The second-order valence-corrected chi connectivity index (χ2v) is 8.17. The van der Waals surface area contributed by atoms with Crippen molar-refractivity contribution in [2.75, 3.05) is 6.61 Å². The molecule has 2 aliphatic heterocycles. The molecule has 2 aliphatic carbocycles. The van der Waals surface area contributed by atoms with Gasteiger partial charge in [0.05, 0.1) is 17.4 Å². The summed E-state index contributed by atoms with van der Waals surface area (Å²) in [5.41, 5.74) is -0.583. The Bertz CT molecular complexity index is 638. The highest BCUT2D eigenvalue weighted by Gasteiger charge is 2.68. The van der Waals surface area contributed by atoms with Crippen LogP contribution in [-0.2, 0) is 14.8 Å². The average molecular weight is 295 g/mol. The number of hydrogen-bond acceptors (Lipinski definition) is 4. The van der Waals surface area contributed by atoms with Gasteiger partial charge in [-0.25, -0.2) is 8.42 Å². The molecule has 4 aliphatic rings. The van der Waals surface area contributed by atoms with Crippen LogP contribution in [0.5, 0.6) is 0 Å². The van der Waals surface area contributed by atoms with E-state index in [0.717, 1.165) is 0 Å². The third-order valence-electron chi connectivity index (χ3n) is 5.43. The number of carbonyl (C=O) groups is 1. The fraction of sp³-hybridized carbons (Fsp3) is 0.643. The highest BCUT2D eigenvalue weighted by atomic mass is 32.2. The van der Waals surface area contributed by atoms with Gasteiger partial charge < -0.3 is 5.11 Å². The van der Waals surface area contributed by atoms with Gasteiger partial charge in [0, 0.05) is 17.9 Å². The topological polar surface area (TPSA) is 74.7 Å². The summed E-state index contributed by atoms with van der Waals surface area (Å²) in [7, 11) is -3.49. The Hall–Kier alpha value is -0.980. The maximum atomic E-state index is 12.8. The smallest absolute Gasteiger partial charge is 0.222 e. The molecular formula is C14H17NO4S. The molecule has 5 atom stereocenters. The van der Waals surface area contributed by atoms with E-state index in [4.69, 9.17) is 0 Å². The molecule has 2 saturated heterocycles. The molecule has 0 amide bonds. The van der Waals surface area contributed by atoms with Crippen molar-refractivity contribution in [2.45, 2.75) is 36.1 Å². The zero-order chi connectivity index (χ0) is 14.1. The summed E-state index contributed by atoms with van der Waals surface area (Å²) in [6.45, 7) is -0.156. The van der Waals surface area contributed by atoms with Crippen molar-refractivity contribution in [2.24, 2.45) is 11.8 Å². The molecule has 20 heavy (non-hydrogen) atoms. The van der Waals surface area contributed by atoms with Gasteiger partial charge in [-0.1, -0.05) is 18.2 Å². The number of aliphatic hydroxyl groups is 1. The van der Waals surface area contributed by atoms with Crippen LogP contribution in [0.25, 0.3) is 0 Å². The van der Waals surface area contributed by atoms with E-state index in [2.05, 4.69) is 0 Å². The van der Waals surface area contributed by atoms with E-state index < -0.39 is 20.8 Å². The average Bonchev–Trinajstić information content (AvgIpc) is 2.90. The van der Waals surface area contributed by atoms with Crippen molar-refractivity contribution >= 4 is 15.8 Å². The molecule has 2 fully saturated rings. The molecule has 0 aromatic carbocycles. The standard InChI is InChI=1S/C14H17NO4S/c16-8-9-4-6-14-7-5-11(17)10-2-1-3-12(13(10)14)20(18,19)15(9)14/h1,3,5,7,9-10,12-13,16H,2,4,6,8H2/t9-,10-,12-,13+,14+/m0/s1. The van der Waals surface area contributed by atoms with E-state index >= 15 is 0 Å². The second-order valence-electron chi connectivity index (χ2n) is 6.20. The minimum Gasteiger partial charge on any atom is -0.395 e. The van der Waals surface area contributed by atoms with Crippen LogP contribution in [0.2, 0.25) is 0 Å². The molecule has 4 rings (SSSR count). The predicted molar refractivity (Wildman–Crippen MR) is 72.3 cm³/mol. The first-order valence-electron chi connectivity index (χ1n) is 7.06. The van der Waals surface area contributed by atoms with E-state index in [-0.39, 0.29) is 30.3 Å². The first-order chi connectivity index (χ1) is 9.52. The molecule has 1 N–H and O–H groups in total. The molecule has 0 radical (unpaired) electrons. The maximum absolute atomic E-state index is 12.8. The molecule has 2 heterocycles. The highest BCUT2D eigenvalue weighted by molar-refractivity contribution is 7.90. The van der Waals surface area contributed by atoms with Crippen LogP contribution in [0.15, 0.2) is 24.3 Å². The molecule has 1 spiro atoms. The van der Waals surface area contributed by atoms with Crippen LogP contribution in [0, 0.1) is 11.8 Å². The van der Waals surface area contributed by atoms with Crippen molar-refractivity contribution in [3.63, 3.8) is 0 Å². The number of hydrogen-bond donors (Lipinski definition) is 1. The number of nitrogens with zero attached hydrogens (tertiary/aromatic N) is 1. The van der Waals surface area contributed by atoms with Crippen molar-refractivity contribution in [3.05, 3.63) is 24.3 Å². The Kier molecular flexibility index (Phi) is 2.43. The molecule has 0 unspecified atom stereocenters. The Morgan fingerprint density at radius 1 is 1.45 bits per heavy atom. The van der Waals surface area contributed by atoms with Crippen LogP contribution in [0.1, 0.15) is 19.3 Å². The van der Waals surface area contributed by atoms with Crippen molar-refractivity contribution in [3.8, 4) is 0 Å². The zero-order valence-corrected chi connectivity index (χ0v) is 11.8. The molecule has 0 aromatic rings. The summed E-state index contributed by atoms with van der Waals surface area (Å²) in [5, 5.41) is 8.90. The van der Waals surface area contributed by atoms with Crippen molar-refractivity contribution in [1.29, 1.82) is 0 Å². The molecule has 108 valence electrons. The van der Waals surface area contributed by atoms with Crippen LogP contribution in [0.3, 0.4) is 0 Å². The third-order valence-corrected chi connectivity index (χ3v) is 7.76. The van der Waals surface area contributed by atoms with Gasteiger partial charge in [-0.15, -0.1) is 0 Å². The minimum atomic E-state index is -3.49. The van der Waals surface area contributed by atoms with E-state index in [1.807, 2.05) is 6.08 Å². The predicted octanol–water partition coefficient (Wildman–Crippen LogP) is 0.225. The normalized spacial score (nSPS) is 48.4. The quantitative estimate of drug-likeness (QED) is 0.703. The number of sulfonamides is 1. The Balaban J connectivity index is 1.97. The van der Waals surface area contributed by atoms with Gasteiger partial charge in [0.1, 0.15) is 0 Å². The fourth-order valence-electron chi connectivity index (χ4n) is 4.70. The molecule has 0 bridgehead atoms. The maximum Gasteiger partial charge on any atom is 0.222 e. The van der Waals surface area contributed by atoms with E-state index in [1.54, 1.807) is 18.2 Å². The number of rotatable bonds is 1. The van der Waals surface area contributed by atoms with Crippen LogP contribution in [0.4, 0.5) is 0 Å². The Labute approximate surface area is 118 Å². The van der Waals surface area contributed by atoms with Gasteiger partial charge in [0.25, 0.3) is 0 Å². The number of aliphatic hydroxyl groups excluding tert-OH is 1. The van der Waals surface area contributed by atoms with Crippen LogP contribution < -0.4 is 0 Å². The number of ketones is 1. The summed E-state index contributed by atoms with van der Waals surface area (Å²) in [5.74, 6) is -0.377. The van der Waals surface area contributed by atoms with Gasteiger partial charge in [0.2, 0.25) is 10.0 Å².